The first-order valence-corrected chi connectivity index (χ1v) is 7.75. The van der Waals surface area contributed by atoms with E-state index in [1.807, 2.05) is 6.92 Å². The SMILES string of the molecule is Cc1cc([N+](=O)[O-])c(Cl)cc1NCCN(C)C1CCCC1. The van der Waals surface area contributed by atoms with Crippen LogP contribution in [0, 0.1) is 17.0 Å². The predicted molar refractivity (Wildman–Crippen MR) is 86.2 cm³/mol. The van der Waals surface area contributed by atoms with Gasteiger partial charge in [0.05, 0.1) is 4.92 Å². The zero-order chi connectivity index (χ0) is 15.4. The van der Waals surface area contributed by atoms with Gasteiger partial charge < -0.3 is 10.2 Å². The summed E-state index contributed by atoms with van der Waals surface area (Å²) in [5.41, 5.74) is 1.67. The molecule has 0 radical (unpaired) electrons. The van der Waals surface area contributed by atoms with Crippen molar-refractivity contribution in [1.82, 2.24) is 4.90 Å². The lowest BCUT2D eigenvalue weighted by Gasteiger charge is -2.24. The number of nitro groups is 1. The summed E-state index contributed by atoms with van der Waals surface area (Å²) in [4.78, 5) is 12.8. The van der Waals surface area contributed by atoms with Gasteiger partial charge in [0.25, 0.3) is 5.69 Å². The van der Waals surface area contributed by atoms with E-state index < -0.39 is 4.92 Å². The average molecular weight is 312 g/mol. The number of hydrogen-bond acceptors (Lipinski definition) is 4. The Morgan fingerprint density at radius 2 is 2.10 bits per heavy atom. The molecule has 0 bridgehead atoms. The minimum Gasteiger partial charge on any atom is -0.383 e. The quantitative estimate of drug-likeness (QED) is 0.640. The van der Waals surface area contributed by atoms with Gasteiger partial charge in [-0.1, -0.05) is 24.4 Å². The van der Waals surface area contributed by atoms with Crippen LogP contribution in [-0.4, -0.2) is 36.0 Å². The average Bonchev–Trinajstić information content (AvgIpc) is 2.95. The highest BCUT2D eigenvalue weighted by molar-refractivity contribution is 6.33. The Morgan fingerprint density at radius 1 is 1.43 bits per heavy atom. The number of nitrogens with zero attached hydrogens (tertiary/aromatic N) is 2. The topological polar surface area (TPSA) is 58.4 Å². The largest absolute Gasteiger partial charge is 0.383 e. The predicted octanol–water partition coefficient (Wildman–Crippen LogP) is 3.84. The lowest BCUT2D eigenvalue weighted by atomic mass is 10.1. The lowest BCUT2D eigenvalue weighted by Crippen LogP contribution is -2.33. The molecule has 0 atom stereocenters. The van der Waals surface area contributed by atoms with Gasteiger partial charge in [-0.2, -0.15) is 0 Å². The van der Waals surface area contributed by atoms with Crippen LogP contribution in [0.3, 0.4) is 0 Å². The number of rotatable bonds is 6. The summed E-state index contributed by atoms with van der Waals surface area (Å²) >= 11 is 5.95. The standard InChI is InChI=1S/C15H22ClN3O2/c1-11-9-15(19(20)21)13(16)10-14(11)17-7-8-18(2)12-5-3-4-6-12/h9-10,12,17H,3-8H2,1-2H3. The molecule has 0 spiro atoms. The number of aryl methyl sites for hydroxylation is 1. The first-order chi connectivity index (χ1) is 9.99. The Morgan fingerprint density at radius 3 is 2.71 bits per heavy atom. The van der Waals surface area contributed by atoms with Crippen LogP contribution in [0.15, 0.2) is 12.1 Å². The number of nitrogens with one attached hydrogen (secondary N) is 1. The highest BCUT2D eigenvalue weighted by Gasteiger charge is 2.19. The molecule has 6 heteroatoms. The number of hydrogen-bond donors (Lipinski definition) is 1. The van der Waals surface area contributed by atoms with E-state index in [4.69, 9.17) is 11.6 Å². The van der Waals surface area contributed by atoms with Gasteiger partial charge in [-0.05, 0) is 38.4 Å². The van der Waals surface area contributed by atoms with Crippen LogP contribution < -0.4 is 5.32 Å². The normalized spacial score (nSPS) is 15.6. The molecule has 1 aromatic rings. The zero-order valence-electron chi connectivity index (χ0n) is 12.6. The Balaban J connectivity index is 1.91. The Bertz CT molecular complexity index is 516. The van der Waals surface area contributed by atoms with Crippen molar-refractivity contribution in [3.8, 4) is 0 Å². The molecule has 0 saturated heterocycles. The second kappa shape index (κ2) is 7.09. The van der Waals surface area contributed by atoms with Gasteiger partial charge in [0.15, 0.2) is 0 Å². The molecule has 0 heterocycles. The Kier molecular flexibility index (Phi) is 5.42. The third-order valence-corrected chi connectivity index (χ3v) is 4.52. The van der Waals surface area contributed by atoms with Crippen LogP contribution >= 0.6 is 11.6 Å². The molecule has 0 unspecified atom stereocenters. The minimum atomic E-state index is -0.451. The van der Waals surface area contributed by atoms with Crippen molar-refractivity contribution < 1.29 is 4.92 Å². The van der Waals surface area contributed by atoms with E-state index in [2.05, 4.69) is 17.3 Å². The molecule has 0 aromatic heterocycles. The first kappa shape index (κ1) is 16.0. The molecule has 1 fully saturated rings. The third-order valence-electron chi connectivity index (χ3n) is 4.22. The van der Waals surface area contributed by atoms with Crippen molar-refractivity contribution in [3.05, 3.63) is 32.8 Å². The summed E-state index contributed by atoms with van der Waals surface area (Å²) in [6.45, 7) is 3.62. The van der Waals surface area contributed by atoms with Gasteiger partial charge in [0.1, 0.15) is 5.02 Å². The van der Waals surface area contributed by atoms with Crippen molar-refractivity contribution >= 4 is 23.0 Å². The maximum atomic E-state index is 10.8. The molecular weight excluding hydrogens is 290 g/mol. The molecule has 2 rings (SSSR count). The van der Waals surface area contributed by atoms with Gasteiger partial charge in [0.2, 0.25) is 0 Å². The smallest absolute Gasteiger partial charge is 0.288 e. The van der Waals surface area contributed by atoms with Crippen LogP contribution in [0.5, 0.6) is 0 Å². The van der Waals surface area contributed by atoms with E-state index in [1.165, 1.54) is 31.7 Å². The van der Waals surface area contributed by atoms with Gasteiger partial charge in [0, 0.05) is 30.9 Å². The Labute approximate surface area is 130 Å². The van der Waals surface area contributed by atoms with Gasteiger partial charge in [-0.15, -0.1) is 0 Å². The number of nitro benzene ring substituents is 1. The molecule has 1 aromatic carbocycles. The molecule has 5 nitrogen and oxygen atoms in total. The maximum absolute atomic E-state index is 10.8. The fourth-order valence-corrected chi connectivity index (χ4v) is 3.12. The van der Waals surface area contributed by atoms with Crippen LogP contribution in [0.25, 0.3) is 0 Å². The van der Waals surface area contributed by atoms with Crippen molar-refractivity contribution in [3.63, 3.8) is 0 Å². The number of halogens is 1. The Hall–Kier alpha value is -1.33. The molecule has 1 saturated carbocycles. The van der Waals surface area contributed by atoms with Crippen LogP contribution in [0.4, 0.5) is 11.4 Å². The van der Waals surface area contributed by atoms with Crippen molar-refractivity contribution in [2.75, 3.05) is 25.5 Å². The number of anilines is 1. The second-order valence-electron chi connectivity index (χ2n) is 5.72. The molecular formula is C15H22ClN3O2. The third kappa shape index (κ3) is 4.08. The molecule has 1 aliphatic carbocycles. The summed E-state index contributed by atoms with van der Waals surface area (Å²) in [6, 6.07) is 3.86. The van der Waals surface area contributed by atoms with Crippen LogP contribution in [0.2, 0.25) is 5.02 Å². The summed E-state index contributed by atoms with van der Waals surface area (Å²) in [5, 5.41) is 14.3. The van der Waals surface area contributed by atoms with E-state index in [9.17, 15) is 10.1 Å². The molecule has 1 N–H and O–H groups in total. The summed E-state index contributed by atoms with van der Waals surface area (Å²) in [7, 11) is 2.16. The highest BCUT2D eigenvalue weighted by atomic mass is 35.5. The highest BCUT2D eigenvalue weighted by Crippen LogP contribution is 2.30. The molecule has 0 aliphatic heterocycles. The molecule has 21 heavy (non-hydrogen) atoms. The summed E-state index contributed by atoms with van der Waals surface area (Å²) in [5.74, 6) is 0. The van der Waals surface area contributed by atoms with Crippen molar-refractivity contribution in [2.45, 2.75) is 38.6 Å². The molecule has 1 aliphatic rings. The van der Waals surface area contributed by atoms with Gasteiger partial charge in [-0.3, -0.25) is 10.1 Å². The van der Waals surface area contributed by atoms with Crippen LogP contribution in [0.1, 0.15) is 31.2 Å². The van der Waals surface area contributed by atoms with E-state index in [0.717, 1.165) is 24.3 Å². The molecule has 116 valence electrons. The van der Waals surface area contributed by atoms with Gasteiger partial charge in [-0.25, -0.2) is 0 Å². The summed E-state index contributed by atoms with van der Waals surface area (Å²) < 4.78 is 0. The fourth-order valence-electron chi connectivity index (χ4n) is 2.89. The van der Waals surface area contributed by atoms with E-state index in [1.54, 1.807) is 6.07 Å². The number of benzene rings is 1. The maximum Gasteiger partial charge on any atom is 0.288 e. The lowest BCUT2D eigenvalue weighted by molar-refractivity contribution is -0.384. The number of likely N-dealkylation sites (N-methyl/N-ethyl adjacent to an activating group) is 1. The van der Waals surface area contributed by atoms with Gasteiger partial charge >= 0.3 is 0 Å². The van der Waals surface area contributed by atoms with Crippen molar-refractivity contribution in [2.24, 2.45) is 0 Å². The van der Waals surface area contributed by atoms with Crippen LogP contribution in [-0.2, 0) is 0 Å². The van der Waals surface area contributed by atoms with E-state index >= 15 is 0 Å². The van der Waals surface area contributed by atoms with E-state index in [0.29, 0.717) is 6.04 Å². The minimum absolute atomic E-state index is 0.0391. The first-order valence-electron chi connectivity index (χ1n) is 7.37. The monoisotopic (exact) mass is 311 g/mol. The molecule has 0 amide bonds. The van der Waals surface area contributed by atoms with Crippen molar-refractivity contribution in [1.29, 1.82) is 0 Å². The second-order valence-corrected chi connectivity index (χ2v) is 6.13. The zero-order valence-corrected chi connectivity index (χ0v) is 13.3. The summed E-state index contributed by atoms with van der Waals surface area (Å²) in [6.07, 6.45) is 5.25. The fraction of sp³-hybridized carbons (Fsp3) is 0.600. The van der Waals surface area contributed by atoms with E-state index in [-0.39, 0.29) is 10.7 Å².